The Bertz CT molecular complexity index is 1100. The van der Waals surface area contributed by atoms with Gasteiger partial charge in [-0.25, -0.2) is 9.18 Å². The summed E-state index contributed by atoms with van der Waals surface area (Å²) in [6, 6.07) is 20.8. The SMILES string of the molecule is O=C(NCCC#Cc1ccc(Cl)c(F)c1)OCC1c2ccccc2-c2ccccc21. The minimum atomic E-state index is -0.500. The number of ether oxygens (including phenoxy) is 1. The summed E-state index contributed by atoms with van der Waals surface area (Å²) >= 11 is 5.65. The number of hydrogen-bond donors (Lipinski definition) is 1. The first-order valence-corrected chi connectivity index (χ1v) is 10.0. The van der Waals surface area contributed by atoms with Gasteiger partial charge in [0.25, 0.3) is 0 Å². The molecule has 0 radical (unpaired) electrons. The van der Waals surface area contributed by atoms with Crippen LogP contribution in [0.3, 0.4) is 0 Å². The quantitative estimate of drug-likeness (QED) is 0.431. The van der Waals surface area contributed by atoms with Gasteiger partial charge in [0.2, 0.25) is 0 Å². The monoisotopic (exact) mass is 419 g/mol. The number of alkyl carbamates (subject to hydrolysis) is 1. The Morgan fingerprint density at radius 1 is 1.03 bits per heavy atom. The molecule has 1 amide bonds. The van der Waals surface area contributed by atoms with Crippen molar-refractivity contribution in [2.45, 2.75) is 12.3 Å². The fourth-order valence-electron chi connectivity index (χ4n) is 3.61. The largest absolute Gasteiger partial charge is 0.449 e. The molecule has 3 aromatic rings. The summed E-state index contributed by atoms with van der Waals surface area (Å²) < 4.78 is 18.9. The second-order valence-electron chi connectivity index (χ2n) is 6.93. The van der Waals surface area contributed by atoms with E-state index in [1.54, 1.807) is 6.07 Å². The molecule has 0 saturated heterocycles. The average molecular weight is 420 g/mol. The molecule has 30 heavy (non-hydrogen) atoms. The second-order valence-corrected chi connectivity index (χ2v) is 7.34. The molecule has 0 atom stereocenters. The van der Waals surface area contributed by atoms with E-state index in [0.717, 1.165) is 0 Å². The average Bonchev–Trinajstić information content (AvgIpc) is 3.08. The van der Waals surface area contributed by atoms with E-state index < -0.39 is 11.9 Å². The molecular weight excluding hydrogens is 401 g/mol. The first-order valence-electron chi connectivity index (χ1n) is 9.66. The number of amides is 1. The fourth-order valence-corrected chi connectivity index (χ4v) is 3.73. The molecule has 0 heterocycles. The maximum Gasteiger partial charge on any atom is 0.407 e. The van der Waals surface area contributed by atoms with Crippen LogP contribution in [0.4, 0.5) is 9.18 Å². The zero-order valence-corrected chi connectivity index (χ0v) is 16.9. The van der Waals surface area contributed by atoms with Crippen molar-refractivity contribution in [1.82, 2.24) is 5.32 Å². The molecule has 0 bridgehead atoms. The van der Waals surface area contributed by atoms with Gasteiger partial charge < -0.3 is 10.1 Å². The van der Waals surface area contributed by atoms with E-state index in [0.29, 0.717) is 18.5 Å². The van der Waals surface area contributed by atoms with Crippen LogP contribution in [-0.4, -0.2) is 19.2 Å². The standard InChI is InChI=1S/C25H19ClFNO2/c26-23-13-12-17(15-24(23)27)7-5-6-14-28-25(29)30-16-22-20-10-3-1-8-18(20)19-9-2-4-11-21(19)22/h1-4,8-13,15,22H,6,14,16H2,(H,28,29). The predicted molar refractivity (Wildman–Crippen MR) is 116 cm³/mol. The summed E-state index contributed by atoms with van der Waals surface area (Å²) in [5.41, 5.74) is 5.27. The first-order chi connectivity index (χ1) is 14.6. The molecule has 4 rings (SSSR count). The minimum absolute atomic E-state index is 0.0303. The molecule has 0 fully saturated rings. The third-order valence-electron chi connectivity index (χ3n) is 5.02. The number of hydrogen-bond acceptors (Lipinski definition) is 2. The van der Waals surface area contributed by atoms with Gasteiger partial charge in [-0.05, 0) is 40.5 Å². The molecule has 5 heteroatoms. The van der Waals surface area contributed by atoms with E-state index >= 15 is 0 Å². The van der Waals surface area contributed by atoms with Crippen molar-refractivity contribution in [3.05, 3.63) is 94.3 Å². The van der Waals surface area contributed by atoms with E-state index in [-0.39, 0.29) is 17.5 Å². The Balaban J connectivity index is 1.29. The highest BCUT2D eigenvalue weighted by Gasteiger charge is 2.28. The number of nitrogens with one attached hydrogen (secondary N) is 1. The summed E-state index contributed by atoms with van der Waals surface area (Å²) in [5.74, 6) is 5.27. The van der Waals surface area contributed by atoms with Crippen molar-refractivity contribution in [2.75, 3.05) is 13.2 Å². The maximum atomic E-state index is 13.4. The van der Waals surface area contributed by atoms with Gasteiger partial charge in [-0.2, -0.15) is 0 Å². The lowest BCUT2D eigenvalue weighted by Gasteiger charge is -2.14. The number of rotatable bonds is 4. The van der Waals surface area contributed by atoms with Gasteiger partial charge in [-0.15, -0.1) is 0 Å². The Morgan fingerprint density at radius 2 is 1.70 bits per heavy atom. The molecule has 0 unspecified atom stereocenters. The molecule has 3 aromatic carbocycles. The summed E-state index contributed by atoms with van der Waals surface area (Å²) in [5, 5.41) is 2.77. The van der Waals surface area contributed by atoms with Gasteiger partial charge in [0.1, 0.15) is 12.4 Å². The first kappa shape index (κ1) is 20.0. The lowest BCUT2D eigenvalue weighted by Crippen LogP contribution is -2.26. The highest BCUT2D eigenvalue weighted by atomic mass is 35.5. The third kappa shape index (κ3) is 4.32. The van der Waals surface area contributed by atoms with Crippen LogP contribution in [0.2, 0.25) is 5.02 Å². The molecule has 3 nitrogen and oxygen atoms in total. The van der Waals surface area contributed by atoms with E-state index in [9.17, 15) is 9.18 Å². The molecule has 0 spiro atoms. The number of benzene rings is 3. The smallest absolute Gasteiger partial charge is 0.407 e. The summed E-state index contributed by atoms with van der Waals surface area (Å²) in [6.07, 6.45) is -0.0507. The Hall–Kier alpha value is -3.29. The van der Waals surface area contributed by atoms with Gasteiger partial charge in [-0.3, -0.25) is 0 Å². The van der Waals surface area contributed by atoms with Gasteiger partial charge >= 0.3 is 6.09 Å². The number of carbonyl (C=O) groups excluding carboxylic acids is 1. The summed E-state index contributed by atoms with van der Waals surface area (Å²) in [4.78, 5) is 12.1. The highest BCUT2D eigenvalue weighted by molar-refractivity contribution is 6.30. The molecule has 1 aliphatic rings. The van der Waals surface area contributed by atoms with Crippen LogP contribution in [0.5, 0.6) is 0 Å². The number of fused-ring (bicyclic) bond motifs is 3. The molecule has 0 saturated carbocycles. The van der Waals surface area contributed by atoms with Gasteiger partial charge in [-0.1, -0.05) is 72.0 Å². The van der Waals surface area contributed by atoms with E-state index in [1.807, 2.05) is 24.3 Å². The predicted octanol–water partition coefficient (Wildman–Crippen LogP) is 5.76. The van der Waals surface area contributed by atoms with Crippen molar-refractivity contribution in [3.8, 4) is 23.0 Å². The Kier molecular flexibility index (Phi) is 6.02. The van der Waals surface area contributed by atoms with E-state index in [2.05, 4.69) is 41.4 Å². The minimum Gasteiger partial charge on any atom is -0.449 e. The molecule has 150 valence electrons. The van der Waals surface area contributed by atoms with Gasteiger partial charge in [0, 0.05) is 24.4 Å². The molecule has 0 aliphatic heterocycles. The summed E-state index contributed by atoms with van der Waals surface area (Å²) in [6.45, 7) is 0.620. The Morgan fingerprint density at radius 3 is 2.37 bits per heavy atom. The Labute approximate surface area is 179 Å². The highest BCUT2D eigenvalue weighted by Crippen LogP contribution is 2.44. The number of carbonyl (C=O) groups is 1. The normalized spacial score (nSPS) is 11.8. The lowest BCUT2D eigenvalue weighted by molar-refractivity contribution is 0.143. The second kappa shape index (κ2) is 9.02. The van der Waals surface area contributed by atoms with Crippen molar-refractivity contribution >= 4 is 17.7 Å². The van der Waals surface area contributed by atoms with Crippen molar-refractivity contribution in [2.24, 2.45) is 0 Å². The van der Waals surface area contributed by atoms with Crippen molar-refractivity contribution < 1.29 is 13.9 Å². The lowest BCUT2D eigenvalue weighted by atomic mass is 9.98. The maximum absolute atomic E-state index is 13.4. The molecule has 0 aromatic heterocycles. The molecule has 1 aliphatic carbocycles. The zero-order valence-electron chi connectivity index (χ0n) is 16.1. The van der Waals surface area contributed by atoms with Crippen LogP contribution in [0.15, 0.2) is 66.7 Å². The van der Waals surface area contributed by atoms with Crippen LogP contribution in [0.25, 0.3) is 11.1 Å². The van der Waals surface area contributed by atoms with Crippen molar-refractivity contribution in [3.63, 3.8) is 0 Å². The van der Waals surface area contributed by atoms with Gasteiger partial charge in [0.15, 0.2) is 0 Å². The fraction of sp³-hybridized carbons (Fsp3) is 0.160. The van der Waals surface area contributed by atoms with Gasteiger partial charge in [0.05, 0.1) is 5.02 Å². The van der Waals surface area contributed by atoms with Crippen molar-refractivity contribution in [1.29, 1.82) is 0 Å². The van der Waals surface area contributed by atoms with E-state index in [1.165, 1.54) is 34.4 Å². The van der Waals surface area contributed by atoms with Crippen LogP contribution in [0.1, 0.15) is 29.0 Å². The van der Waals surface area contributed by atoms with Crippen LogP contribution in [0, 0.1) is 17.7 Å². The van der Waals surface area contributed by atoms with E-state index in [4.69, 9.17) is 16.3 Å². The molecular formula is C25H19ClFNO2. The van der Waals surface area contributed by atoms with Crippen LogP contribution in [-0.2, 0) is 4.74 Å². The zero-order chi connectivity index (χ0) is 20.9. The van der Waals surface area contributed by atoms with Crippen LogP contribution >= 0.6 is 11.6 Å². The third-order valence-corrected chi connectivity index (χ3v) is 5.32. The molecule has 1 N–H and O–H groups in total. The number of halogens is 2. The summed E-state index contributed by atoms with van der Waals surface area (Å²) in [7, 11) is 0. The topological polar surface area (TPSA) is 38.3 Å². The van der Waals surface area contributed by atoms with Crippen LogP contribution < -0.4 is 5.32 Å².